The molecule has 0 N–H and O–H groups in total. The number of rotatable bonds is 4. The molecule has 3 aromatic heterocycles. The molecule has 10 rings (SSSR count). The van der Waals surface area contributed by atoms with Gasteiger partial charge in [-0.2, -0.15) is 0 Å². The molecule has 0 unspecified atom stereocenters. The van der Waals surface area contributed by atoms with E-state index in [0.717, 1.165) is 22.6 Å². The van der Waals surface area contributed by atoms with Gasteiger partial charge in [-0.1, -0.05) is 106 Å². The minimum absolute atomic E-state index is 0.0835. The fraction of sp³-hybridized carbons (Fsp3) is 0.0833. The molecule has 3 heteroatoms. The van der Waals surface area contributed by atoms with Crippen LogP contribution in [0.1, 0.15) is 31.9 Å². The van der Waals surface area contributed by atoms with Crippen molar-refractivity contribution in [2.75, 3.05) is 0 Å². The molecule has 0 amide bonds. The second kappa shape index (κ2) is 10.8. The first-order valence-corrected chi connectivity index (χ1v) is 17.7. The second-order valence-electron chi connectivity index (χ2n) is 14.7. The molecule has 0 spiro atoms. The third-order valence-corrected chi connectivity index (χ3v) is 10.8. The van der Waals surface area contributed by atoms with E-state index in [-0.39, 0.29) is 5.41 Å². The molecular weight excluding hydrogens is 619 g/mol. The molecule has 0 atom stereocenters. The van der Waals surface area contributed by atoms with E-state index in [1.54, 1.807) is 0 Å². The van der Waals surface area contributed by atoms with E-state index < -0.39 is 0 Å². The lowest BCUT2D eigenvalue weighted by molar-refractivity contribution is 0.590. The van der Waals surface area contributed by atoms with Crippen molar-refractivity contribution in [3.63, 3.8) is 0 Å². The normalized spacial score (nSPS) is 12.3. The van der Waals surface area contributed by atoms with E-state index in [1.807, 2.05) is 6.08 Å². The van der Waals surface area contributed by atoms with Gasteiger partial charge in [0.1, 0.15) is 0 Å². The number of para-hydroxylation sites is 3. The van der Waals surface area contributed by atoms with Gasteiger partial charge in [-0.25, -0.2) is 0 Å². The van der Waals surface area contributed by atoms with Crippen molar-refractivity contribution in [1.82, 2.24) is 13.7 Å². The summed E-state index contributed by atoms with van der Waals surface area (Å²) in [4.78, 5) is 0. The van der Waals surface area contributed by atoms with Crippen molar-refractivity contribution in [2.24, 2.45) is 0 Å². The highest BCUT2D eigenvalue weighted by Crippen LogP contribution is 2.40. The summed E-state index contributed by atoms with van der Waals surface area (Å²) in [6, 6.07) is 55.9. The van der Waals surface area contributed by atoms with Crippen LogP contribution in [0.15, 0.2) is 158 Å². The molecule has 0 saturated heterocycles. The quantitative estimate of drug-likeness (QED) is 0.179. The van der Waals surface area contributed by atoms with Crippen molar-refractivity contribution in [2.45, 2.75) is 26.2 Å². The van der Waals surface area contributed by atoms with Crippen LogP contribution in [0.5, 0.6) is 0 Å². The molecule has 0 saturated carbocycles. The van der Waals surface area contributed by atoms with Crippen LogP contribution in [0, 0.1) is 0 Å². The van der Waals surface area contributed by atoms with Gasteiger partial charge in [0, 0.05) is 49.4 Å². The predicted molar refractivity (Wildman–Crippen MR) is 218 cm³/mol. The van der Waals surface area contributed by atoms with Crippen molar-refractivity contribution in [1.29, 1.82) is 0 Å². The van der Waals surface area contributed by atoms with Crippen LogP contribution in [0.4, 0.5) is 0 Å². The van der Waals surface area contributed by atoms with Crippen molar-refractivity contribution in [3.8, 4) is 17.1 Å². The summed E-state index contributed by atoms with van der Waals surface area (Å²) < 4.78 is 7.26. The maximum atomic E-state index is 4.04. The maximum Gasteiger partial charge on any atom is 0.0542 e. The van der Waals surface area contributed by atoms with Gasteiger partial charge < -0.3 is 13.7 Å². The standard InChI is InChI=1S/C48H37N3/c1-5-31-18-25-45-39(28-31)38-14-8-11-17-44(38)51(45)35-24-27-47-41(30-35)40-29-34(50-42-15-9-6-12-36(42)37-13-7-10-16-43(37)50)23-26-46(40)49(47)33-21-19-32(20-22-33)48(2,3)4/h5-30H,1H2,2-4H3. The number of nitrogens with zero attached hydrogens (tertiary/aromatic N) is 3. The highest BCUT2D eigenvalue weighted by Gasteiger charge is 2.20. The van der Waals surface area contributed by atoms with Crippen LogP contribution in [0.3, 0.4) is 0 Å². The summed E-state index contributed by atoms with van der Waals surface area (Å²) in [6.45, 7) is 10.9. The zero-order valence-electron chi connectivity index (χ0n) is 29.1. The molecule has 7 aromatic carbocycles. The highest BCUT2D eigenvalue weighted by atomic mass is 15.0. The summed E-state index contributed by atoms with van der Waals surface area (Å²) in [7, 11) is 0. The third kappa shape index (κ3) is 4.38. The number of benzene rings is 7. The fourth-order valence-electron chi connectivity index (χ4n) is 8.26. The first-order valence-electron chi connectivity index (χ1n) is 17.7. The first kappa shape index (κ1) is 29.6. The maximum absolute atomic E-state index is 4.04. The Kier molecular flexibility index (Phi) is 6.29. The van der Waals surface area contributed by atoms with Crippen LogP contribution < -0.4 is 0 Å². The molecular formula is C48H37N3. The Labute approximate surface area is 296 Å². The Balaban J connectivity index is 1.28. The Morgan fingerprint density at radius 2 is 0.765 bits per heavy atom. The summed E-state index contributed by atoms with van der Waals surface area (Å²) in [5.41, 5.74) is 13.2. The molecule has 0 radical (unpaired) electrons. The number of fused-ring (bicyclic) bond motifs is 9. The highest BCUT2D eigenvalue weighted by molar-refractivity contribution is 6.14. The van der Waals surface area contributed by atoms with Gasteiger partial charge in [0.2, 0.25) is 0 Å². The van der Waals surface area contributed by atoms with Gasteiger partial charge in [0.05, 0.1) is 33.1 Å². The molecule has 0 aliphatic heterocycles. The zero-order valence-corrected chi connectivity index (χ0v) is 29.1. The van der Waals surface area contributed by atoms with E-state index in [4.69, 9.17) is 0 Å². The minimum atomic E-state index is 0.0835. The molecule has 0 fully saturated rings. The van der Waals surface area contributed by atoms with Gasteiger partial charge in [-0.15, -0.1) is 0 Å². The van der Waals surface area contributed by atoms with Crippen LogP contribution in [0.25, 0.3) is 88.6 Å². The average Bonchev–Trinajstić information content (AvgIpc) is 3.79. The molecule has 51 heavy (non-hydrogen) atoms. The van der Waals surface area contributed by atoms with Gasteiger partial charge in [0.15, 0.2) is 0 Å². The van der Waals surface area contributed by atoms with Crippen molar-refractivity contribution >= 4 is 71.5 Å². The van der Waals surface area contributed by atoms with E-state index in [2.05, 4.69) is 193 Å². The summed E-state index contributed by atoms with van der Waals surface area (Å²) in [6.07, 6.45) is 1.93. The molecule has 0 bridgehead atoms. The fourth-order valence-corrected chi connectivity index (χ4v) is 8.26. The van der Waals surface area contributed by atoms with E-state index in [9.17, 15) is 0 Å². The average molecular weight is 656 g/mol. The van der Waals surface area contributed by atoms with Gasteiger partial charge in [-0.05, 0) is 95.4 Å². The predicted octanol–water partition coefficient (Wildman–Crippen LogP) is 12.9. The molecule has 244 valence electrons. The van der Waals surface area contributed by atoms with Gasteiger partial charge in [0.25, 0.3) is 0 Å². The topological polar surface area (TPSA) is 14.8 Å². The van der Waals surface area contributed by atoms with Gasteiger partial charge in [-0.3, -0.25) is 0 Å². The largest absolute Gasteiger partial charge is 0.309 e. The van der Waals surface area contributed by atoms with Crippen molar-refractivity contribution < 1.29 is 0 Å². The number of hydrogen-bond acceptors (Lipinski definition) is 0. The molecule has 0 aliphatic carbocycles. The summed E-state index contributed by atoms with van der Waals surface area (Å²) in [5, 5.41) is 7.45. The Morgan fingerprint density at radius 3 is 1.24 bits per heavy atom. The lowest BCUT2D eigenvalue weighted by Crippen LogP contribution is -2.10. The monoisotopic (exact) mass is 655 g/mol. The second-order valence-corrected chi connectivity index (χ2v) is 14.7. The summed E-state index contributed by atoms with van der Waals surface area (Å²) in [5.74, 6) is 0. The summed E-state index contributed by atoms with van der Waals surface area (Å²) >= 11 is 0. The molecule has 0 aliphatic rings. The lowest BCUT2D eigenvalue weighted by Gasteiger charge is -2.19. The first-order chi connectivity index (χ1) is 24.9. The molecule has 3 nitrogen and oxygen atoms in total. The van der Waals surface area contributed by atoms with Crippen LogP contribution in [-0.2, 0) is 5.41 Å². The van der Waals surface area contributed by atoms with E-state index >= 15 is 0 Å². The third-order valence-electron chi connectivity index (χ3n) is 10.8. The van der Waals surface area contributed by atoms with Crippen LogP contribution in [-0.4, -0.2) is 13.7 Å². The Hall–Kier alpha value is -6.32. The Bertz CT molecular complexity index is 2960. The van der Waals surface area contributed by atoms with Crippen molar-refractivity contribution in [3.05, 3.63) is 169 Å². The minimum Gasteiger partial charge on any atom is -0.309 e. The van der Waals surface area contributed by atoms with Gasteiger partial charge >= 0.3 is 0 Å². The molecule has 3 heterocycles. The SMILES string of the molecule is C=Cc1ccc2c(c1)c1ccccc1n2-c1ccc2c(c1)c1cc(-n3c4ccccc4c4ccccc43)ccc1n2-c1ccc(C(C)(C)C)cc1. The Morgan fingerprint density at radius 1 is 0.392 bits per heavy atom. The number of aromatic nitrogens is 3. The number of hydrogen-bond donors (Lipinski definition) is 0. The molecule has 10 aromatic rings. The smallest absolute Gasteiger partial charge is 0.0542 e. The van der Waals surface area contributed by atoms with E-state index in [1.165, 1.54) is 71.0 Å². The van der Waals surface area contributed by atoms with Crippen LogP contribution >= 0.6 is 0 Å². The van der Waals surface area contributed by atoms with E-state index in [0.29, 0.717) is 0 Å². The zero-order chi connectivity index (χ0) is 34.4. The lowest BCUT2D eigenvalue weighted by atomic mass is 9.87. The van der Waals surface area contributed by atoms with Crippen LogP contribution in [0.2, 0.25) is 0 Å².